The van der Waals surface area contributed by atoms with Gasteiger partial charge in [-0.15, -0.1) is 42.3 Å². The molecule has 270 valence electrons. The van der Waals surface area contributed by atoms with E-state index in [2.05, 4.69) is 79.2 Å². The average Bonchev–Trinajstić information content (AvgIpc) is 3.56. The summed E-state index contributed by atoms with van der Waals surface area (Å²) in [6, 6.07) is 26.0. The van der Waals surface area contributed by atoms with E-state index in [-0.39, 0.29) is 72.7 Å². The lowest BCUT2D eigenvalue weighted by atomic mass is 9.81. The zero-order valence-electron chi connectivity index (χ0n) is 27.3. The normalized spacial score (nSPS) is 19.7. The monoisotopic (exact) mass is 754 g/mol. The van der Waals surface area contributed by atoms with Crippen LogP contribution in [-0.4, -0.2) is 106 Å². The second-order valence-corrected chi connectivity index (χ2v) is 12.5. The highest BCUT2D eigenvalue weighted by molar-refractivity contribution is 5.86. The van der Waals surface area contributed by atoms with Gasteiger partial charge >= 0.3 is 6.18 Å². The smallest absolute Gasteiger partial charge is 0.453 e. The molecule has 3 aliphatic rings. The van der Waals surface area contributed by atoms with Crippen LogP contribution in [0.4, 0.5) is 13.2 Å². The van der Waals surface area contributed by atoms with E-state index >= 15 is 0 Å². The molecule has 1 unspecified atom stereocenters. The summed E-state index contributed by atoms with van der Waals surface area (Å²) < 4.78 is 47.4. The molecule has 3 aliphatic heterocycles. The van der Waals surface area contributed by atoms with Gasteiger partial charge < -0.3 is 15.0 Å². The van der Waals surface area contributed by atoms with E-state index in [4.69, 9.17) is 4.74 Å². The third-order valence-corrected chi connectivity index (χ3v) is 9.64. The maximum absolute atomic E-state index is 13.7. The van der Waals surface area contributed by atoms with Gasteiger partial charge in [-0.1, -0.05) is 60.7 Å². The van der Waals surface area contributed by atoms with Crippen LogP contribution in [0.5, 0.6) is 5.75 Å². The summed E-state index contributed by atoms with van der Waals surface area (Å²) in [6.07, 6.45) is -4.71. The molecule has 4 aromatic rings. The Morgan fingerprint density at radius 1 is 0.920 bits per heavy atom. The number of fused-ring (bicyclic) bond motifs is 1. The lowest BCUT2D eigenvalue weighted by Gasteiger charge is -2.54. The van der Waals surface area contributed by atoms with Gasteiger partial charge in [-0.25, -0.2) is 0 Å². The lowest BCUT2D eigenvalue weighted by Crippen LogP contribution is -2.68. The molecule has 0 aliphatic carbocycles. The molecule has 16 heteroatoms. The van der Waals surface area contributed by atoms with Gasteiger partial charge in [-0.3, -0.25) is 14.6 Å². The topological polar surface area (TPSA) is 91.7 Å². The molecule has 3 saturated heterocycles. The number of halogens is 6. The van der Waals surface area contributed by atoms with Gasteiger partial charge in [0.05, 0.1) is 18.7 Å². The highest BCUT2D eigenvalue weighted by Crippen LogP contribution is 2.37. The van der Waals surface area contributed by atoms with Gasteiger partial charge in [0.15, 0.2) is 0 Å². The van der Waals surface area contributed by atoms with E-state index in [0.29, 0.717) is 43.2 Å². The molecule has 50 heavy (non-hydrogen) atoms. The van der Waals surface area contributed by atoms with E-state index in [1.165, 1.54) is 17.2 Å². The van der Waals surface area contributed by atoms with Crippen LogP contribution in [0, 0.1) is 5.92 Å². The van der Waals surface area contributed by atoms with Crippen LogP contribution in [0.15, 0.2) is 78.9 Å². The number of benzene rings is 3. The zero-order chi connectivity index (χ0) is 32.5. The van der Waals surface area contributed by atoms with Crippen LogP contribution in [-0.2, 0) is 17.5 Å². The number of ether oxygens (including phenoxy) is 1. The summed E-state index contributed by atoms with van der Waals surface area (Å²) in [5.74, 6) is -0.335. The summed E-state index contributed by atoms with van der Waals surface area (Å²) in [4.78, 5) is 20.3. The molecule has 3 fully saturated rings. The first-order valence-electron chi connectivity index (χ1n) is 15.9. The van der Waals surface area contributed by atoms with Crippen molar-refractivity contribution < 1.29 is 22.7 Å². The van der Waals surface area contributed by atoms with Gasteiger partial charge in [-0.05, 0) is 39.8 Å². The Morgan fingerprint density at radius 3 is 2.16 bits per heavy atom. The minimum absolute atomic E-state index is 0. The number of hydrogen-bond acceptors (Lipinski definition) is 8. The van der Waals surface area contributed by atoms with Crippen LogP contribution in [0.2, 0.25) is 0 Å². The van der Waals surface area contributed by atoms with E-state index in [9.17, 15) is 18.0 Å². The number of methoxy groups -OCH3 is 1. The van der Waals surface area contributed by atoms with Crippen molar-refractivity contribution in [3.63, 3.8) is 0 Å². The SMILES string of the molecule is COc1ccc(-n2nnnc2C(F)(F)F)cc1CN1CC(C(c2ccccc2)c2ccccc2)N2CCN(C(=O)C3CNC3)C[C@H]2C1.Cl.Cl.Cl. The number of amides is 1. The number of rotatable bonds is 8. The lowest BCUT2D eigenvalue weighted by molar-refractivity contribution is -0.146. The van der Waals surface area contributed by atoms with Gasteiger partial charge in [0.2, 0.25) is 5.91 Å². The fraction of sp³-hybridized carbons (Fsp3) is 0.412. The molecule has 0 radical (unpaired) electrons. The van der Waals surface area contributed by atoms with Crippen molar-refractivity contribution in [3.05, 3.63) is 101 Å². The van der Waals surface area contributed by atoms with Gasteiger partial charge in [0.25, 0.3) is 5.82 Å². The molecule has 2 atom stereocenters. The molecule has 1 aromatic heterocycles. The first kappa shape index (κ1) is 39.3. The summed E-state index contributed by atoms with van der Waals surface area (Å²) in [5.41, 5.74) is 3.34. The quantitative estimate of drug-likeness (QED) is 0.277. The van der Waals surface area contributed by atoms with Crippen LogP contribution in [0.1, 0.15) is 28.4 Å². The standard InChI is InChI=1S/C34H37F3N8O2.3ClH/c1-47-30-13-12-27(45-33(34(35,36)37)39-40-41-45)16-25(30)19-42-20-28-21-43(32(46)26-17-38-18-26)14-15-44(28)29(22-42)31(23-8-4-2-5-9-23)24-10-6-3-7-11-24;;;/h2-13,16,26,28-29,31,38H,14-15,17-22H2,1H3;3*1H/t28-,29?;;;/m1.../s1. The molecule has 0 bridgehead atoms. The molecule has 1 amide bonds. The van der Waals surface area contributed by atoms with E-state index in [0.717, 1.165) is 25.2 Å². The van der Waals surface area contributed by atoms with Crippen molar-refractivity contribution in [2.45, 2.75) is 30.7 Å². The second kappa shape index (κ2) is 16.7. The average molecular weight is 756 g/mol. The summed E-state index contributed by atoms with van der Waals surface area (Å²) in [7, 11) is 1.55. The van der Waals surface area contributed by atoms with Crippen molar-refractivity contribution in [1.82, 2.24) is 40.2 Å². The van der Waals surface area contributed by atoms with Crippen LogP contribution in [0.25, 0.3) is 5.69 Å². The van der Waals surface area contributed by atoms with E-state index in [1.54, 1.807) is 19.2 Å². The van der Waals surface area contributed by atoms with Crippen LogP contribution < -0.4 is 10.1 Å². The first-order chi connectivity index (χ1) is 22.8. The summed E-state index contributed by atoms with van der Waals surface area (Å²) in [5, 5.41) is 13.4. The zero-order valence-corrected chi connectivity index (χ0v) is 29.7. The number of nitrogens with zero attached hydrogens (tertiary/aromatic N) is 7. The molecule has 10 nitrogen and oxygen atoms in total. The largest absolute Gasteiger partial charge is 0.496 e. The second-order valence-electron chi connectivity index (χ2n) is 12.5. The molecule has 4 heterocycles. The van der Waals surface area contributed by atoms with Gasteiger partial charge in [0.1, 0.15) is 5.75 Å². The number of hydrogen-bond donors (Lipinski definition) is 1. The molecule has 0 saturated carbocycles. The minimum atomic E-state index is -4.71. The maximum Gasteiger partial charge on any atom is 0.453 e. The molecular formula is C34H40Cl3F3N8O2. The maximum atomic E-state index is 13.7. The number of nitrogens with one attached hydrogen (secondary N) is 1. The van der Waals surface area contributed by atoms with Crippen molar-refractivity contribution >= 4 is 43.1 Å². The Bertz CT molecular complexity index is 1660. The number of tetrazole rings is 1. The Kier molecular flexibility index (Phi) is 13.1. The molecule has 1 N–H and O–H groups in total. The Morgan fingerprint density at radius 2 is 1.58 bits per heavy atom. The number of carbonyl (C=O) groups is 1. The molecule has 7 rings (SSSR count). The molecule has 3 aromatic carbocycles. The summed E-state index contributed by atoms with van der Waals surface area (Å²) >= 11 is 0. The first-order valence-corrected chi connectivity index (χ1v) is 15.9. The van der Waals surface area contributed by atoms with Gasteiger partial charge in [0, 0.05) is 75.9 Å². The van der Waals surface area contributed by atoms with Crippen molar-refractivity contribution in [2.24, 2.45) is 5.92 Å². The highest BCUT2D eigenvalue weighted by atomic mass is 35.5. The predicted molar refractivity (Wildman–Crippen MR) is 190 cm³/mol. The number of aromatic nitrogens is 4. The van der Waals surface area contributed by atoms with E-state index in [1.807, 2.05) is 17.0 Å². The third kappa shape index (κ3) is 8.03. The fourth-order valence-corrected chi connectivity index (χ4v) is 7.31. The number of alkyl halides is 3. The van der Waals surface area contributed by atoms with Crippen molar-refractivity contribution in [2.75, 3.05) is 52.9 Å². The molecule has 0 spiro atoms. The number of carbonyl (C=O) groups excluding carboxylic acids is 1. The predicted octanol–water partition coefficient (Wildman–Crippen LogP) is 4.70. The number of piperazine rings is 2. The van der Waals surface area contributed by atoms with Crippen LogP contribution >= 0.6 is 37.2 Å². The van der Waals surface area contributed by atoms with Gasteiger partial charge in [-0.2, -0.15) is 17.9 Å². The highest BCUT2D eigenvalue weighted by Gasteiger charge is 2.44. The Balaban J connectivity index is 0.00000187. The fourth-order valence-electron chi connectivity index (χ4n) is 7.31. The summed E-state index contributed by atoms with van der Waals surface area (Å²) in [6.45, 7) is 5.33. The van der Waals surface area contributed by atoms with Crippen molar-refractivity contribution in [1.29, 1.82) is 0 Å². The Hall–Kier alpha value is -3.46. The van der Waals surface area contributed by atoms with Crippen molar-refractivity contribution in [3.8, 4) is 11.4 Å². The third-order valence-electron chi connectivity index (χ3n) is 9.64. The Labute approximate surface area is 307 Å². The van der Waals surface area contributed by atoms with Crippen LogP contribution in [0.3, 0.4) is 0 Å². The van der Waals surface area contributed by atoms with E-state index < -0.39 is 12.0 Å². The molecular weight excluding hydrogens is 716 g/mol. The minimum Gasteiger partial charge on any atom is -0.496 e.